The third kappa shape index (κ3) is 4.12. The van der Waals surface area contributed by atoms with E-state index in [-0.39, 0.29) is 23.3 Å². The first kappa shape index (κ1) is 17.2. The quantitative estimate of drug-likeness (QED) is 0.925. The monoisotopic (exact) mass is 294 g/mol. The molecule has 0 aliphatic heterocycles. The standard InChI is InChI=1S/C12H16ClFN2O.ClH/c1-8-6-9(10(13)7-11(8)14)12(17)16(3)5-4-15-2;/h6-7,15H,4-5H2,1-3H3;1H. The highest BCUT2D eigenvalue weighted by Gasteiger charge is 2.16. The van der Waals surface area contributed by atoms with Crippen LogP contribution in [-0.2, 0) is 0 Å². The van der Waals surface area contributed by atoms with Crippen LogP contribution in [-0.4, -0.2) is 38.0 Å². The minimum Gasteiger partial charge on any atom is -0.340 e. The fourth-order valence-electron chi connectivity index (χ4n) is 1.41. The second-order valence-corrected chi connectivity index (χ2v) is 4.32. The summed E-state index contributed by atoms with van der Waals surface area (Å²) in [5.74, 6) is -0.599. The van der Waals surface area contributed by atoms with E-state index in [2.05, 4.69) is 5.32 Å². The summed E-state index contributed by atoms with van der Waals surface area (Å²) in [5.41, 5.74) is 0.754. The van der Waals surface area contributed by atoms with Gasteiger partial charge in [0.1, 0.15) is 5.82 Å². The summed E-state index contributed by atoms with van der Waals surface area (Å²) in [5, 5.41) is 3.10. The summed E-state index contributed by atoms with van der Waals surface area (Å²) in [4.78, 5) is 13.6. The molecule has 1 aromatic rings. The van der Waals surface area contributed by atoms with Crippen molar-refractivity contribution < 1.29 is 9.18 Å². The maximum Gasteiger partial charge on any atom is 0.255 e. The molecule has 102 valence electrons. The van der Waals surface area contributed by atoms with Crippen LogP contribution in [0.25, 0.3) is 0 Å². The largest absolute Gasteiger partial charge is 0.340 e. The van der Waals surface area contributed by atoms with Crippen molar-refractivity contribution in [2.45, 2.75) is 6.92 Å². The molecule has 0 aromatic heterocycles. The Balaban J connectivity index is 0.00000289. The second-order valence-electron chi connectivity index (χ2n) is 3.91. The third-order valence-corrected chi connectivity index (χ3v) is 2.84. The van der Waals surface area contributed by atoms with Gasteiger partial charge in [0.25, 0.3) is 5.91 Å². The normalized spacial score (nSPS) is 9.83. The number of rotatable bonds is 4. The zero-order valence-corrected chi connectivity index (χ0v) is 12.2. The molecule has 0 spiro atoms. The van der Waals surface area contributed by atoms with E-state index in [1.807, 2.05) is 7.05 Å². The van der Waals surface area contributed by atoms with E-state index in [0.717, 1.165) is 0 Å². The Hall–Kier alpha value is -0.840. The first-order valence-electron chi connectivity index (χ1n) is 5.33. The molecule has 0 unspecified atom stereocenters. The van der Waals surface area contributed by atoms with E-state index in [1.54, 1.807) is 18.9 Å². The van der Waals surface area contributed by atoms with Crippen LogP contribution in [0.1, 0.15) is 15.9 Å². The van der Waals surface area contributed by atoms with E-state index < -0.39 is 5.82 Å². The van der Waals surface area contributed by atoms with Crippen LogP contribution < -0.4 is 5.32 Å². The molecule has 1 rings (SSSR count). The molecule has 18 heavy (non-hydrogen) atoms. The van der Waals surface area contributed by atoms with Gasteiger partial charge in [-0.3, -0.25) is 4.79 Å². The second kappa shape index (κ2) is 7.56. The molecule has 0 aliphatic rings. The van der Waals surface area contributed by atoms with Crippen LogP contribution in [0.5, 0.6) is 0 Å². The molecule has 0 heterocycles. The maximum atomic E-state index is 13.2. The Morgan fingerprint density at radius 2 is 2.11 bits per heavy atom. The Morgan fingerprint density at radius 1 is 1.50 bits per heavy atom. The zero-order chi connectivity index (χ0) is 13.0. The van der Waals surface area contributed by atoms with Crippen LogP contribution in [0.15, 0.2) is 12.1 Å². The number of carbonyl (C=O) groups excluding carboxylic acids is 1. The highest BCUT2D eigenvalue weighted by Crippen LogP contribution is 2.21. The van der Waals surface area contributed by atoms with Crippen molar-refractivity contribution in [1.29, 1.82) is 0 Å². The number of hydrogen-bond acceptors (Lipinski definition) is 2. The highest BCUT2D eigenvalue weighted by atomic mass is 35.5. The number of likely N-dealkylation sites (N-methyl/N-ethyl adjacent to an activating group) is 2. The summed E-state index contributed by atoms with van der Waals surface area (Å²) in [7, 11) is 3.50. The van der Waals surface area contributed by atoms with Crippen molar-refractivity contribution >= 4 is 29.9 Å². The molecule has 1 amide bonds. The molecule has 0 saturated heterocycles. The topological polar surface area (TPSA) is 32.3 Å². The van der Waals surface area contributed by atoms with Gasteiger partial charge in [0.15, 0.2) is 0 Å². The third-order valence-electron chi connectivity index (χ3n) is 2.52. The number of nitrogens with one attached hydrogen (secondary N) is 1. The fourth-order valence-corrected chi connectivity index (χ4v) is 1.64. The molecule has 0 atom stereocenters. The van der Waals surface area contributed by atoms with Crippen molar-refractivity contribution in [3.05, 3.63) is 34.1 Å². The summed E-state index contributed by atoms with van der Waals surface area (Å²) >= 11 is 5.87. The summed E-state index contributed by atoms with van der Waals surface area (Å²) in [6, 6.07) is 2.66. The lowest BCUT2D eigenvalue weighted by Gasteiger charge is -2.18. The molecule has 0 bridgehead atoms. The lowest BCUT2D eigenvalue weighted by Crippen LogP contribution is -2.33. The summed E-state index contributed by atoms with van der Waals surface area (Å²) < 4.78 is 13.2. The number of halogens is 3. The van der Waals surface area contributed by atoms with Crippen molar-refractivity contribution in [2.75, 3.05) is 27.2 Å². The molecular formula is C12H17Cl2FN2O. The molecule has 0 fully saturated rings. The SMILES string of the molecule is CNCCN(C)C(=O)c1cc(C)c(F)cc1Cl.Cl. The van der Waals surface area contributed by atoms with Gasteiger partial charge in [-0.25, -0.2) is 4.39 Å². The van der Waals surface area contributed by atoms with Gasteiger partial charge in [0.05, 0.1) is 10.6 Å². The van der Waals surface area contributed by atoms with E-state index >= 15 is 0 Å². The van der Waals surface area contributed by atoms with Crippen LogP contribution in [0.4, 0.5) is 4.39 Å². The van der Waals surface area contributed by atoms with Gasteiger partial charge in [-0.15, -0.1) is 12.4 Å². The van der Waals surface area contributed by atoms with E-state index in [9.17, 15) is 9.18 Å². The highest BCUT2D eigenvalue weighted by molar-refractivity contribution is 6.33. The number of aryl methyl sites for hydroxylation is 1. The van der Waals surface area contributed by atoms with Crippen molar-refractivity contribution in [3.63, 3.8) is 0 Å². The Bertz CT molecular complexity index is 427. The number of nitrogens with zero attached hydrogens (tertiary/aromatic N) is 1. The fraction of sp³-hybridized carbons (Fsp3) is 0.417. The van der Waals surface area contributed by atoms with Crippen LogP contribution >= 0.6 is 24.0 Å². The molecule has 0 saturated carbocycles. The number of carbonyl (C=O) groups is 1. The summed E-state index contributed by atoms with van der Waals surface area (Å²) in [6.07, 6.45) is 0. The first-order chi connectivity index (χ1) is 7.97. The lowest BCUT2D eigenvalue weighted by atomic mass is 10.1. The van der Waals surface area contributed by atoms with E-state index in [4.69, 9.17) is 11.6 Å². The smallest absolute Gasteiger partial charge is 0.255 e. The van der Waals surface area contributed by atoms with Gasteiger partial charge in [-0.05, 0) is 31.7 Å². The predicted molar refractivity (Wildman–Crippen MR) is 74.3 cm³/mol. The molecular weight excluding hydrogens is 278 g/mol. The average Bonchev–Trinajstić information content (AvgIpc) is 2.29. The molecule has 3 nitrogen and oxygen atoms in total. The number of benzene rings is 1. The first-order valence-corrected chi connectivity index (χ1v) is 5.71. The van der Waals surface area contributed by atoms with Gasteiger partial charge >= 0.3 is 0 Å². The Morgan fingerprint density at radius 3 is 2.67 bits per heavy atom. The zero-order valence-electron chi connectivity index (χ0n) is 10.6. The van der Waals surface area contributed by atoms with Gasteiger partial charge in [0, 0.05) is 20.1 Å². The number of hydrogen-bond donors (Lipinski definition) is 1. The van der Waals surface area contributed by atoms with Crippen LogP contribution in [0.2, 0.25) is 5.02 Å². The van der Waals surface area contributed by atoms with Gasteiger partial charge < -0.3 is 10.2 Å². The van der Waals surface area contributed by atoms with Crippen molar-refractivity contribution in [1.82, 2.24) is 10.2 Å². The molecule has 0 aliphatic carbocycles. The van der Waals surface area contributed by atoms with E-state index in [0.29, 0.717) is 24.2 Å². The predicted octanol–water partition coefficient (Wildman–Crippen LogP) is 2.50. The van der Waals surface area contributed by atoms with Gasteiger partial charge in [0.2, 0.25) is 0 Å². The minimum atomic E-state index is -0.399. The van der Waals surface area contributed by atoms with Crippen LogP contribution in [0.3, 0.4) is 0 Å². The van der Waals surface area contributed by atoms with Crippen LogP contribution in [0, 0.1) is 12.7 Å². The Labute approximate surface area is 118 Å². The minimum absolute atomic E-state index is 0. The van der Waals surface area contributed by atoms with Crippen molar-refractivity contribution in [2.24, 2.45) is 0 Å². The van der Waals surface area contributed by atoms with Gasteiger partial charge in [-0.2, -0.15) is 0 Å². The Kier molecular flexibility index (Phi) is 7.21. The molecule has 6 heteroatoms. The lowest BCUT2D eigenvalue weighted by molar-refractivity contribution is 0.0797. The molecule has 0 radical (unpaired) electrons. The molecule has 1 aromatic carbocycles. The number of amides is 1. The average molecular weight is 295 g/mol. The summed E-state index contributed by atoms with van der Waals surface area (Å²) in [6.45, 7) is 2.87. The van der Waals surface area contributed by atoms with Crippen molar-refractivity contribution in [3.8, 4) is 0 Å². The maximum absolute atomic E-state index is 13.2. The van der Waals surface area contributed by atoms with E-state index in [1.165, 1.54) is 12.1 Å². The molecule has 1 N–H and O–H groups in total. The van der Waals surface area contributed by atoms with Gasteiger partial charge in [-0.1, -0.05) is 11.6 Å².